The molecule has 2 N–H and O–H groups in total. The molecule has 156 valence electrons. The van der Waals surface area contributed by atoms with Gasteiger partial charge in [0.05, 0.1) is 14.2 Å². The number of nitrogens with zero attached hydrogens (tertiary/aromatic N) is 2. The van der Waals surface area contributed by atoms with Crippen molar-refractivity contribution in [3.05, 3.63) is 70.1 Å². The third-order valence-electron chi connectivity index (χ3n) is 4.59. The first kappa shape index (κ1) is 21.0. The standard InChI is InChI=1S/C22H24N4O4/c1-29-18-10-8-16(14-19(18)30-2)21-24-22(28)17(25-26-21)9-11-20(27)23-13-12-15-6-4-3-5-7-15/h3-8,10,14H,9,11-13H2,1-2H3,(H,23,27)(H,24,26,28). The van der Waals surface area contributed by atoms with E-state index in [9.17, 15) is 9.59 Å². The van der Waals surface area contributed by atoms with Crippen molar-refractivity contribution >= 4 is 5.91 Å². The number of benzene rings is 2. The van der Waals surface area contributed by atoms with Gasteiger partial charge in [-0.25, -0.2) is 0 Å². The highest BCUT2D eigenvalue weighted by molar-refractivity contribution is 5.76. The van der Waals surface area contributed by atoms with Crippen molar-refractivity contribution < 1.29 is 14.3 Å². The van der Waals surface area contributed by atoms with E-state index in [1.54, 1.807) is 25.3 Å². The molecular formula is C22H24N4O4. The first-order chi connectivity index (χ1) is 14.6. The van der Waals surface area contributed by atoms with Gasteiger partial charge in [-0.05, 0) is 30.2 Å². The van der Waals surface area contributed by atoms with E-state index in [2.05, 4.69) is 20.5 Å². The quantitative estimate of drug-likeness (QED) is 0.562. The van der Waals surface area contributed by atoms with Crippen molar-refractivity contribution in [3.63, 3.8) is 0 Å². The molecule has 1 amide bonds. The van der Waals surface area contributed by atoms with Crippen LogP contribution in [0.4, 0.5) is 0 Å². The van der Waals surface area contributed by atoms with Crippen LogP contribution in [0.1, 0.15) is 17.7 Å². The van der Waals surface area contributed by atoms with Crippen molar-refractivity contribution in [3.8, 4) is 22.9 Å². The zero-order valence-electron chi connectivity index (χ0n) is 17.0. The van der Waals surface area contributed by atoms with Gasteiger partial charge in [0.25, 0.3) is 5.56 Å². The number of aromatic nitrogens is 3. The first-order valence-electron chi connectivity index (χ1n) is 9.59. The molecule has 2 aromatic carbocycles. The van der Waals surface area contributed by atoms with Crippen LogP contribution in [0, 0.1) is 0 Å². The Balaban J connectivity index is 1.56. The van der Waals surface area contributed by atoms with Gasteiger partial charge in [-0.3, -0.25) is 9.59 Å². The Morgan fingerprint density at radius 2 is 1.77 bits per heavy atom. The summed E-state index contributed by atoms with van der Waals surface area (Å²) in [7, 11) is 3.08. The van der Waals surface area contributed by atoms with Gasteiger partial charge in [0.1, 0.15) is 5.69 Å². The van der Waals surface area contributed by atoms with Crippen molar-refractivity contribution in [2.24, 2.45) is 0 Å². The molecule has 0 bridgehead atoms. The van der Waals surface area contributed by atoms with E-state index in [1.165, 1.54) is 7.11 Å². The predicted octanol–water partition coefficient (Wildman–Crippen LogP) is 2.14. The highest BCUT2D eigenvalue weighted by Gasteiger charge is 2.11. The topological polar surface area (TPSA) is 106 Å². The Hall–Kier alpha value is -3.68. The number of H-pyrrole nitrogens is 1. The fraction of sp³-hybridized carbons (Fsp3) is 0.273. The molecule has 0 aliphatic carbocycles. The molecule has 0 unspecified atom stereocenters. The minimum atomic E-state index is -0.369. The number of ether oxygens (including phenoxy) is 2. The van der Waals surface area contributed by atoms with Gasteiger partial charge in [0, 0.05) is 24.9 Å². The van der Waals surface area contributed by atoms with Crippen LogP contribution in [-0.4, -0.2) is 41.9 Å². The molecule has 0 aliphatic heterocycles. The number of carbonyl (C=O) groups is 1. The van der Waals surface area contributed by atoms with Gasteiger partial charge >= 0.3 is 0 Å². The highest BCUT2D eigenvalue weighted by Crippen LogP contribution is 2.30. The van der Waals surface area contributed by atoms with E-state index >= 15 is 0 Å². The molecule has 0 saturated heterocycles. The second-order valence-electron chi connectivity index (χ2n) is 6.60. The minimum absolute atomic E-state index is 0.129. The van der Waals surface area contributed by atoms with E-state index in [1.807, 2.05) is 30.3 Å². The summed E-state index contributed by atoms with van der Waals surface area (Å²) in [6.07, 6.45) is 1.14. The fourth-order valence-electron chi connectivity index (χ4n) is 2.95. The molecule has 0 fully saturated rings. The number of amides is 1. The zero-order chi connectivity index (χ0) is 21.3. The monoisotopic (exact) mass is 408 g/mol. The Kier molecular flexibility index (Phi) is 7.15. The fourth-order valence-corrected chi connectivity index (χ4v) is 2.95. The molecule has 8 heteroatoms. The highest BCUT2D eigenvalue weighted by atomic mass is 16.5. The number of aryl methyl sites for hydroxylation is 1. The number of carbonyl (C=O) groups excluding carboxylic acids is 1. The van der Waals surface area contributed by atoms with Crippen LogP contribution >= 0.6 is 0 Å². The van der Waals surface area contributed by atoms with Gasteiger partial charge in [0.15, 0.2) is 17.3 Å². The Morgan fingerprint density at radius 1 is 1.00 bits per heavy atom. The van der Waals surface area contributed by atoms with E-state index in [0.29, 0.717) is 29.4 Å². The van der Waals surface area contributed by atoms with Gasteiger partial charge in [-0.1, -0.05) is 30.3 Å². The first-order valence-corrected chi connectivity index (χ1v) is 9.59. The smallest absolute Gasteiger partial charge is 0.273 e. The molecular weight excluding hydrogens is 384 g/mol. The number of hydrogen-bond donors (Lipinski definition) is 2. The molecule has 0 aliphatic rings. The summed E-state index contributed by atoms with van der Waals surface area (Å²) in [6.45, 7) is 0.545. The van der Waals surface area contributed by atoms with E-state index < -0.39 is 0 Å². The Bertz CT molecular complexity index is 1050. The van der Waals surface area contributed by atoms with Crippen molar-refractivity contribution in [2.45, 2.75) is 19.3 Å². The summed E-state index contributed by atoms with van der Waals surface area (Å²) in [5.41, 5.74) is 1.65. The molecule has 0 spiro atoms. The summed E-state index contributed by atoms with van der Waals surface area (Å²) >= 11 is 0. The zero-order valence-corrected chi connectivity index (χ0v) is 17.0. The number of nitrogens with one attached hydrogen (secondary N) is 2. The van der Waals surface area contributed by atoms with Crippen LogP contribution in [0.15, 0.2) is 53.3 Å². The molecule has 8 nitrogen and oxygen atoms in total. The lowest BCUT2D eigenvalue weighted by Gasteiger charge is -2.09. The minimum Gasteiger partial charge on any atom is -0.493 e. The van der Waals surface area contributed by atoms with Gasteiger partial charge in [-0.15, -0.1) is 10.2 Å². The molecule has 1 aromatic heterocycles. The normalized spacial score (nSPS) is 10.5. The maximum Gasteiger partial charge on any atom is 0.273 e. The summed E-state index contributed by atoms with van der Waals surface area (Å²) in [4.78, 5) is 27.1. The largest absolute Gasteiger partial charge is 0.493 e. The lowest BCUT2D eigenvalue weighted by Crippen LogP contribution is -2.27. The molecule has 0 atom stereocenters. The number of aromatic amines is 1. The summed E-state index contributed by atoms with van der Waals surface area (Å²) in [5, 5.41) is 10.9. The number of hydrogen-bond acceptors (Lipinski definition) is 6. The lowest BCUT2D eigenvalue weighted by atomic mass is 10.1. The molecule has 30 heavy (non-hydrogen) atoms. The van der Waals surface area contributed by atoms with Crippen LogP contribution in [0.25, 0.3) is 11.4 Å². The third kappa shape index (κ3) is 5.44. The number of methoxy groups -OCH3 is 2. The third-order valence-corrected chi connectivity index (χ3v) is 4.59. The molecule has 3 aromatic rings. The average Bonchev–Trinajstić information content (AvgIpc) is 2.78. The summed E-state index contributed by atoms with van der Waals surface area (Å²) in [6, 6.07) is 15.1. The molecule has 0 radical (unpaired) electrons. The summed E-state index contributed by atoms with van der Waals surface area (Å²) < 4.78 is 10.5. The van der Waals surface area contributed by atoms with Gasteiger partial charge in [0.2, 0.25) is 5.91 Å². The predicted molar refractivity (Wildman–Crippen MR) is 113 cm³/mol. The van der Waals surface area contributed by atoms with Crippen LogP contribution in [-0.2, 0) is 17.6 Å². The summed E-state index contributed by atoms with van der Waals surface area (Å²) in [5.74, 6) is 1.29. The van der Waals surface area contributed by atoms with Crippen LogP contribution in [0.2, 0.25) is 0 Å². The van der Waals surface area contributed by atoms with Gasteiger partial charge < -0.3 is 19.8 Å². The van der Waals surface area contributed by atoms with Crippen molar-refractivity contribution in [1.82, 2.24) is 20.5 Å². The Morgan fingerprint density at radius 3 is 2.47 bits per heavy atom. The lowest BCUT2D eigenvalue weighted by molar-refractivity contribution is -0.121. The van der Waals surface area contributed by atoms with Crippen LogP contribution in [0.3, 0.4) is 0 Å². The maximum atomic E-state index is 12.4. The second kappa shape index (κ2) is 10.2. The van der Waals surface area contributed by atoms with E-state index in [0.717, 1.165) is 12.0 Å². The van der Waals surface area contributed by atoms with E-state index in [-0.39, 0.29) is 30.0 Å². The second-order valence-corrected chi connectivity index (χ2v) is 6.60. The van der Waals surface area contributed by atoms with E-state index in [4.69, 9.17) is 9.47 Å². The van der Waals surface area contributed by atoms with Gasteiger partial charge in [-0.2, -0.15) is 0 Å². The number of rotatable bonds is 9. The molecule has 1 heterocycles. The maximum absolute atomic E-state index is 12.4. The molecule has 3 rings (SSSR count). The van der Waals surface area contributed by atoms with Crippen LogP contribution in [0.5, 0.6) is 11.5 Å². The van der Waals surface area contributed by atoms with Crippen LogP contribution < -0.4 is 20.3 Å². The van der Waals surface area contributed by atoms with Crippen molar-refractivity contribution in [2.75, 3.05) is 20.8 Å². The average molecular weight is 408 g/mol. The van der Waals surface area contributed by atoms with Crippen molar-refractivity contribution in [1.29, 1.82) is 0 Å². The SMILES string of the molecule is COc1ccc(-c2nnc(CCC(=O)NCCc3ccccc3)c(=O)[nH]2)cc1OC. The Labute approximate surface area is 174 Å². The molecule has 0 saturated carbocycles.